The molecule has 0 aliphatic heterocycles. The molecule has 4 heteroatoms. The number of aliphatic hydroxyl groups is 1. The van der Waals surface area contributed by atoms with Gasteiger partial charge in [-0.25, -0.2) is 0 Å². The molecule has 0 bridgehead atoms. The van der Waals surface area contributed by atoms with E-state index in [2.05, 4.69) is 40.3 Å². The second kappa shape index (κ2) is 7.82. The molecule has 0 amide bonds. The summed E-state index contributed by atoms with van der Waals surface area (Å²) in [5, 5.41) is 12.7. The Hall–Kier alpha value is -0.420. The Morgan fingerprint density at radius 1 is 1.41 bits per heavy atom. The Bertz CT molecular complexity index is 333. The van der Waals surface area contributed by atoms with Gasteiger partial charge < -0.3 is 15.2 Å². The highest BCUT2D eigenvalue weighted by Crippen LogP contribution is 2.18. The molecule has 17 heavy (non-hydrogen) atoms. The third-order valence-electron chi connectivity index (χ3n) is 2.61. The van der Waals surface area contributed by atoms with E-state index < -0.39 is 6.10 Å². The highest BCUT2D eigenvalue weighted by atomic mass is 79.9. The largest absolute Gasteiger partial charge is 0.389 e. The van der Waals surface area contributed by atoms with Crippen LogP contribution in [0.5, 0.6) is 0 Å². The van der Waals surface area contributed by atoms with E-state index in [1.807, 2.05) is 12.1 Å². The maximum Gasteiger partial charge on any atom is 0.0897 e. The van der Waals surface area contributed by atoms with Crippen molar-refractivity contribution in [3.8, 4) is 0 Å². The topological polar surface area (TPSA) is 41.5 Å². The first-order chi connectivity index (χ1) is 8.13. The van der Waals surface area contributed by atoms with Gasteiger partial charge in [0.05, 0.1) is 12.7 Å². The summed E-state index contributed by atoms with van der Waals surface area (Å²) < 4.78 is 5.96. The number of hydrogen-bond donors (Lipinski definition) is 2. The average molecular weight is 302 g/mol. The fraction of sp³-hybridized carbons (Fsp3) is 0.538. The molecule has 0 saturated carbocycles. The van der Waals surface area contributed by atoms with E-state index in [0.717, 1.165) is 11.0 Å². The SMILES string of the molecule is COCC(O)CNCC(C)c1cccc(Br)c1. The number of aliphatic hydroxyl groups excluding tert-OH is 1. The van der Waals surface area contributed by atoms with Crippen LogP contribution in [0.4, 0.5) is 0 Å². The smallest absolute Gasteiger partial charge is 0.0897 e. The van der Waals surface area contributed by atoms with E-state index in [4.69, 9.17) is 4.74 Å². The third-order valence-corrected chi connectivity index (χ3v) is 3.10. The first kappa shape index (κ1) is 14.6. The lowest BCUT2D eigenvalue weighted by molar-refractivity contribution is 0.0645. The summed E-state index contributed by atoms with van der Waals surface area (Å²) >= 11 is 3.47. The molecule has 2 atom stereocenters. The molecular weight excluding hydrogens is 282 g/mol. The van der Waals surface area contributed by atoms with E-state index in [0.29, 0.717) is 19.1 Å². The maximum atomic E-state index is 9.48. The van der Waals surface area contributed by atoms with Crippen molar-refractivity contribution in [3.63, 3.8) is 0 Å². The molecule has 0 spiro atoms. The van der Waals surface area contributed by atoms with Gasteiger partial charge in [0.15, 0.2) is 0 Å². The molecule has 0 fully saturated rings. The first-order valence-electron chi connectivity index (χ1n) is 5.76. The molecule has 2 unspecified atom stereocenters. The molecule has 0 aromatic heterocycles. The minimum absolute atomic E-state index is 0.373. The quantitative estimate of drug-likeness (QED) is 0.811. The molecule has 0 aliphatic carbocycles. The van der Waals surface area contributed by atoms with Gasteiger partial charge in [-0.05, 0) is 23.6 Å². The zero-order valence-electron chi connectivity index (χ0n) is 10.3. The number of nitrogens with one attached hydrogen (secondary N) is 1. The minimum atomic E-state index is -0.435. The standard InChI is InChI=1S/C13H20BrNO2/c1-10(7-15-8-13(16)9-17-2)11-4-3-5-12(14)6-11/h3-6,10,13,15-16H,7-9H2,1-2H3. The molecular formula is C13H20BrNO2. The molecule has 1 rings (SSSR count). The van der Waals surface area contributed by atoms with Crippen molar-refractivity contribution in [1.29, 1.82) is 0 Å². The average Bonchev–Trinajstić information content (AvgIpc) is 2.29. The number of rotatable bonds is 7. The molecule has 0 aliphatic rings. The highest BCUT2D eigenvalue weighted by molar-refractivity contribution is 9.10. The molecule has 3 nitrogen and oxygen atoms in total. The number of methoxy groups -OCH3 is 1. The zero-order chi connectivity index (χ0) is 12.7. The van der Waals surface area contributed by atoms with Crippen LogP contribution in [-0.2, 0) is 4.74 Å². The Kier molecular flexibility index (Phi) is 6.73. The van der Waals surface area contributed by atoms with E-state index in [9.17, 15) is 5.11 Å². The van der Waals surface area contributed by atoms with Crippen molar-refractivity contribution in [1.82, 2.24) is 5.32 Å². The van der Waals surface area contributed by atoms with Crippen LogP contribution in [0, 0.1) is 0 Å². The number of halogens is 1. The predicted molar refractivity (Wildman–Crippen MR) is 73.3 cm³/mol. The van der Waals surface area contributed by atoms with E-state index in [-0.39, 0.29) is 0 Å². The van der Waals surface area contributed by atoms with Crippen molar-refractivity contribution >= 4 is 15.9 Å². The second-order valence-electron chi connectivity index (χ2n) is 4.22. The number of benzene rings is 1. The van der Waals surface area contributed by atoms with Gasteiger partial charge in [-0.1, -0.05) is 35.0 Å². The van der Waals surface area contributed by atoms with E-state index in [1.165, 1.54) is 5.56 Å². The van der Waals surface area contributed by atoms with Gasteiger partial charge in [0.25, 0.3) is 0 Å². The van der Waals surface area contributed by atoms with E-state index in [1.54, 1.807) is 7.11 Å². The van der Waals surface area contributed by atoms with E-state index >= 15 is 0 Å². The molecule has 96 valence electrons. The molecule has 0 radical (unpaired) electrons. The predicted octanol–water partition coefficient (Wildman–Crippen LogP) is 2.15. The van der Waals surface area contributed by atoms with Crippen LogP contribution in [-0.4, -0.2) is 38.0 Å². The van der Waals surface area contributed by atoms with Crippen molar-refractivity contribution in [2.45, 2.75) is 18.9 Å². The van der Waals surface area contributed by atoms with Crippen molar-refractivity contribution < 1.29 is 9.84 Å². The summed E-state index contributed by atoms with van der Waals surface area (Å²) in [5.41, 5.74) is 1.29. The van der Waals surface area contributed by atoms with Gasteiger partial charge in [0, 0.05) is 24.7 Å². The summed E-state index contributed by atoms with van der Waals surface area (Å²) in [4.78, 5) is 0. The summed E-state index contributed by atoms with van der Waals surface area (Å²) in [5.74, 6) is 0.419. The number of ether oxygens (including phenoxy) is 1. The van der Waals surface area contributed by atoms with Crippen molar-refractivity contribution in [3.05, 3.63) is 34.3 Å². The number of hydrogen-bond acceptors (Lipinski definition) is 3. The van der Waals surface area contributed by atoms with Crippen LogP contribution in [0.2, 0.25) is 0 Å². The highest BCUT2D eigenvalue weighted by Gasteiger charge is 2.07. The van der Waals surface area contributed by atoms with Gasteiger partial charge in [0.1, 0.15) is 0 Å². The van der Waals surface area contributed by atoms with Gasteiger partial charge in [0.2, 0.25) is 0 Å². The Morgan fingerprint density at radius 2 is 2.18 bits per heavy atom. The summed E-state index contributed by atoms with van der Waals surface area (Å²) in [6.07, 6.45) is -0.435. The Balaban J connectivity index is 2.32. The maximum absolute atomic E-state index is 9.48. The van der Waals surface area contributed by atoms with Gasteiger partial charge >= 0.3 is 0 Å². The lowest BCUT2D eigenvalue weighted by Crippen LogP contribution is -2.32. The molecule has 0 saturated heterocycles. The molecule has 0 heterocycles. The van der Waals surface area contributed by atoms with Crippen LogP contribution in [0.25, 0.3) is 0 Å². The van der Waals surface area contributed by atoms with Gasteiger partial charge in [-0.15, -0.1) is 0 Å². The fourth-order valence-corrected chi connectivity index (χ4v) is 2.07. The Labute approximate surface area is 111 Å². The van der Waals surface area contributed by atoms with Crippen LogP contribution >= 0.6 is 15.9 Å². The summed E-state index contributed by atoms with van der Waals surface area (Å²) in [6, 6.07) is 8.29. The normalized spacial score (nSPS) is 14.6. The molecule has 1 aromatic carbocycles. The zero-order valence-corrected chi connectivity index (χ0v) is 11.9. The van der Waals surface area contributed by atoms with Gasteiger partial charge in [-0.2, -0.15) is 0 Å². The van der Waals surface area contributed by atoms with Crippen molar-refractivity contribution in [2.75, 3.05) is 26.8 Å². The van der Waals surface area contributed by atoms with Crippen LogP contribution in [0.1, 0.15) is 18.4 Å². The summed E-state index contributed by atoms with van der Waals surface area (Å²) in [7, 11) is 1.59. The lowest BCUT2D eigenvalue weighted by atomic mass is 10.0. The third kappa shape index (κ3) is 5.64. The van der Waals surface area contributed by atoms with Gasteiger partial charge in [-0.3, -0.25) is 0 Å². The second-order valence-corrected chi connectivity index (χ2v) is 5.14. The van der Waals surface area contributed by atoms with Crippen LogP contribution in [0.3, 0.4) is 0 Å². The summed E-state index contributed by atoms with van der Waals surface area (Å²) in [6.45, 7) is 3.94. The lowest BCUT2D eigenvalue weighted by Gasteiger charge is -2.15. The first-order valence-corrected chi connectivity index (χ1v) is 6.56. The van der Waals surface area contributed by atoms with Crippen LogP contribution < -0.4 is 5.32 Å². The van der Waals surface area contributed by atoms with Crippen LogP contribution in [0.15, 0.2) is 28.7 Å². The monoisotopic (exact) mass is 301 g/mol. The molecule has 2 N–H and O–H groups in total. The fourth-order valence-electron chi connectivity index (χ4n) is 1.65. The Morgan fingerprint density at radius 3 is 2.82 bits per heavy atom. The van der Waals surface area contributed by atoms with Crippen molar-refractivity contribution in [2.24, 2.45) is 0 Å². The minimum Gasteiger partial charge on any atom is -0.389 e. The molecule has 1 aromatic rings.